The Morgan fingerprint density at radius 2 is 2.40 bits per heavy atom. The highest BCUT2D eigenvalue weighted by Crippen LogP contribution is 2.25. The number of hydrogen-bond acceptors (Lipinski definition) is 7. The largest absolute Gasteiger partial charge is 0.467 e. The number of anilines is 1. The summed E-state index contributed by atoms with van der Waals surface area (Å²) in [7, 11) is 0. The van der Waals surface area contributed by atoms with Crippen LogP contribution in [0.3, 0.4) is 0 Å². The predicted molar refractivity (Wildman–Crippen MR) is 80.1 cm³/mol. The Hall–Kier alpha value is -1.54. The van der Waals surface area contributed by atoms with Crippen molar-refractivity contribution in [2.45, 2.75) is 24.2 Å². The van der Waals surface area contributed by atoms with Gasteiger partial charge in [-0.3, -0.25) is 4.79 Å². The second-order valence-corrected chi connectivity index (χ2v) is 6.20. The molecule has 6 nitrogen and oxygen atoms in total. The van der Waals surface area contributed by atoms with E-state index < -0.39 is 0 Å². The molecule has 0 aromatic carbocycles. The lowest BCUT2D eigenvalue weighted by molar-refractivity contribution is -0.119. The van der Waals surface area contributed by atoms with Gasteiger partial charge >= 0.3 is 0 Å². The number of hydrogen-bond donors (Lipinski definition) is 2. The van der Waals surface area contributed by atoms with Crippen molar-refractivity contribution in [1.29, 1.82) is 0 Å². The van der Waals surface area contributed by atoms with Crippen molar-refractivity contribution < 1.29 is 9.21 Å². The van der Waals surface area contributed by atoms with E-state index in [-0.39, 0.29) is 11.9 Å². The number of carbonyl (C=O) groups is 1. The van der Waals surface area contributed by atoms with Crippen molar-refractivity contribution in [3.8, 4) is 0 Å². The number of nitrogens with zero attached hydrogens (tertiary/aromatic N) is 2. The average molecular weight is 312 g/mol. The Morgan fingerprint density at radius 3 is 3.10 bits per heavy atom. The lowest BCUT2D eigenvalue weighted by Crippen LogP contribution is -2.27. The summed E-state index contributed by atoms with van der Waals surface area (Å²) in [4.78, 5) is 11.8. The minimum Gasteiger partial charge on any atom is -0.467 e. The molecule has 2 rings (SSSR count). The first-order valence-corrected chi connectivity index (χ1v) is 8.02. The summed E-state index contributed by atoms with van der Waals surface area (Å²) in [6.07, 6.45) is 1.59. The maximum Gasteiger partial charge on any atom is 0.231 e. The van der Waals surface area contributed by atoms with E-state index in [2.05, 4.69) is 20.8 Å². The molecule has 1 amide bonds. The van der Waals surface area contributed by atoms with Crippen LogP contribution >= 0.6 is 23.1 Å². The number of aromatic nitrogens is 2. The zero-order chi connectivity index (χ0) is 14.4. The van der Waals surface area contributed by atoms with Gasteiger partial charge in [-0.15, -0.1) is 10.2 Å². The van der Waals surface area contributed by atoms with E-state index in [0.717, 1.165) is 21.8 Å². The molecule has 2 N–H and O–H groups in total. The fourth-order valence-electron chi connectivity index (χ4n) is 1.51. The number of furan rings is 1. The van der Waals surface area contributed by atoms with Crippen LogP contribution in [-0.2, 0) is 4.79 Å². The van der Waals surface area contributed by atoms with Crippen molar-refractivity contribution in [3.05, 3.63) is 24.2 Å². The quantitative estimate of drug-likeness (QED) is 0.765. The SMILES string of the molecule is CCNc1nnc(SCC(=O)N[C@@H](C)c2ccco2)s1. The maximum absolute atomic E-state index is 11.8. The highest BCUT2D eigenvalue weighted by molar-refractivity contribution is 8.01. The molecule has 1 atom stereocenters. The Bertz CT molecular complexity index is 541. The van der Waals surface area contributed by atoms with Crippen LogP contribution in [0.2, 0.25) is 0 Å². The Morgan fingerprint density at radius 1 is 1.55 bits per heavy atom. The Labute approximate surface area is 125 Å². The third-order valence-corrected chi connectivity index (χ3v) is 4.42. The minimum absolute atomic E-state index is 0.0564. The molecule has 108 valence electrons. The molecular formula is C12H16N4O2S2. The van der Waals surface area contributed by atoms with Crippen molar-refractivity contribution in [2.75, 3.05) is 17.6 Å². The van der Waals surface area contributed by atoms with Crippen LogP contribution in [0.15, 0.2) is 27.2 Å². The van der Waals surface area contributed by atoms with E-state index in [1.807, 2.05) is 19.9 Å². The molecule has 0 unspecified atom stereocenters. The molecule has 2 heterocycles. The molecule has 2 aromatic rings. The summed E-state index contributed by atoms with van der Waals surface area (Å²) in [6.45, 7) is 4.69. The van der Waals surface area contributed by atoms with Gasteiger partial charge in [-0.2, -0.15) is 0 Å². The third-order valence-electron chi connectivity index (χ3n) is 2.41. The summed E-state index contributed by atoms with van der Waals surface area (Å²) in [5, 5.41) is 14.7. The molecule has 0 radical (unpaired) electrons. The van der Waals surface area contributed by atoms with Gasteiger partial charge in [0.05, 0.1) is 18.1 Å². The first-order valence-electron chi connectivity index (χ1n) is 6.22. The van der Waals surface area contributed by atoms with Gasteiger partial charge in [0.1, 0.15) is 5.76 Å². The fourth-order valence-corrected chi connectivity index (χ4v) is 3.14. The van der Waals surface area contributed by atoms with E-state index in [1.54, 1.807) is 12.3 Å². The first-order chi connectivity index (χ1) is 9.69. The molecule has 0 saturated heterocycles. The molecule has 2 aromatic heterocycles. The number of amides is 1. The van der Waals surface area contributed by atoms with Crippen molar-refractivity contribution in [1.82, 2.24) is 15.5 Å². The highest BCUT2D eigenvalue weighted by atomic mass is 32.2. The van der Waals surface area contributed by atoms with Crippen LogP contribution in [0.5, 0.6) is 0 Å². The first kappa shape index (κ1) is 14.9. The van der Waals surface area contributed by atoms with E-state index in [9.17, 15) is 4.79 Å². The number of nitrogens with one attached hydrogen (secondary N) is 2. The van der Waals surface area contributed by atoms with E-state index >= 15 is 0 Å². The van der Waals surface area contributed by atoms with E-state index in [4.69, 9.17) is 4.42 Å². The van der Waals surface area contributed by atoms with Crippen molar-refractivity contribution in [2.24, 2.45) is 0 Å². The topological polar surface area (TPSA) is 80.0 Å². The standard InChI is InChI=1S/C12H16N4O2S2/c1-3-13-11-15-16-12(20-11)19-7-10(17)14-8(2)9-5-4-6-18-9/h4-6,8H,3,7H2,1-2H3,(H,13,15)(H,14,17)/t8-/m0/s1. The molecule has 0 aliphatic carbocycles. The summed E-state index contributed by atoms with van der Waals surface area (Å²) in [5.41, 5.74) is 0. The summed E-state index contributed by atoms with van der Waals surface area (Å²) >= 11 is 2.82. The van der Waals surface area contributed by atoms with E-state index in [0.29, 0.717) is 5.75 Å². The predicted octanol–water partition coefficient (Wildman–Crippen LogP) is 2.53. The Balaban J connectivity index is 1.77. The van der Waals surface area contributed by atoms with Crippen molar-refractivity contribution >= 4 is 34.1 Å². The van der Waals surface area contributed by atoms with Crippen LogP contribution in [0.25, 0.3) is 0 Å². The van der Waals surface area contributed by atoms with Gasteiger partial charge in [0.2, 0.25) is 11.0 Å². The lowest BCUT2D eigenvalue weighted by Gasteiger charge is -2.10. The van der Waals surface area contributed by atoms with Crippen LogP contribution in [0.1, 0.15) is 25.6 Å². The molecule has 8 heteroatoms. The Kier molecular flexibility index (Phi) is 5.42. The molecule has 0 saturated carbocycles. The van der Waals surface area contributed by atoms with Crippen LogP contribution < -0.4 is 10.6 Å². The van der Waals surface area contributed by atoms with Gasteiger partial charge in [0.15, 0.2) is 4.34 Å². The molecule has 0 aliphatic heterocycles. The van der Waals surface area contributed by atoms with Crippen LogP contribution in [0, 0.1) is 0 Å². The molecule has 20 heavy (non-hydrogen) atoms. The molecular weight excluding hydrogens is 296 g/mol. The van der Waals surface area contributed by atoms with Crippen LogP contribution in [0.4, 0.5) is 5.13 Å². The van der Waals surface area contributed by atoms with Crippen LogP contribution in [-0.4, -0.2) is 28.4 Å². The molecule has 0 fully saturated rings. The monoisotopic (exact) mass is 312 g/mol. The van der Waals surface area contributed by atoms with Gasteiger partial charge in [-0.25, -0.2) is 0 Å². The summed E-state index contributed by atoms with van der Waals surface area (Å²) in [6, 6.07) is 3.51. The highest BCUT2D eigenvalue weighted by Gasteiger charge is 2.13. The summed E-state index contributed by atoms with van der Waals surface area (Å²) in [5.74, 6) is 0.999. The zero-order valence-corrected chi connectivity index (χ0v) is 12.9. The van der Waals surface area contributed by atoms with Gasteiger partial charge < -0.3 is 15.1 Å². The van der Waals surface area contributed by atoms with Gasteiger partial charge in [-0.05, 0) is 26.0 Å². The summed E-state index contributed by atoms with van der Waals surface area (Å²) < 4.78 is 6.02. The molecule has 0 bridgehead atoms. The van der Waals surface area contributed by atoms with E-state index in [1.165, 1.54) is 23.1 Å². The zero-order valence-electron chi connectivity index (χ0n) is 11.3. The lowest BCUT2D eigenvalue weighted by atomic mass is 10.2. The number of rotatable bonds is 7. The smallest absolute Gasteiger partial charge is 0.231 e. The van der Waals surface area contributed by atoms with Gasteiger partial charge in [0.25, 0.3) is 0 Å². The average Bonchev–Trinajstić information content (AvgIpc) is 3.08. The minimum atomic E-state index is -0.134. The number of thioether (sulfide) groups is 1. The fraction of sp³-hybridized carbons (Fsp3) is 0.417. The molecule has 0 aliphatic rings. The number of carbonyl (C=O) groups excluding carboxylic acids is 1. The van der Waals surface area contributed by atoms with Crippen molar-refractivity contribution in [3.63, 3.8) is 0 Å². The van der Waals surface area contributed by atoms with Gasteiger partial charge in [-0.1, -0.05) is 23.1 Å². The maximum atomic E-state index is 11.8. The second kappa shape index (κ2) is 7.30. The molecule has 0 spiro atoms. The second-order valence-electron chi connectivity index (χ2n) is 4.00. The third kappa shape index (κ3) is 4.24. The van der Waals surface area contributed by atoms with Gasteiger partial charge in [0, 0.05) is 6.54 Å². The normalized spacial score (nSPS) is 12.1.